The zero-order valence-electron chi connectivity index (χ0n) is 11.9. The Morgan fingerprint density at radius 3 is 2.48 bits per heavy atom. The summed E-state index contributed by atoms with van der Waals surface area (Å²) in [5, 5.41) is 0. The minimum absolute atomic E-state index is 0.264. The molecule has 0 bridgehead atoms. The molecule has 0 saturated heterocycles. The Bertz CT molecular complexity index is 871. The molecule has 0 atom stereocenters. The molecule has 0 unspecified atom stereocenters. The van der Waals surface area contributed by atoms with Gasteiger partial charge in [-0.25, -0.2) is 9.79 Å². The monoisotopic (exact) mass is 281 g/mol. The van der Waals surface area contributed by atoms with Gasteiger partial charge in [0.1, 0.15) is 5.82 Å². The molecule has 0 saturated carbocycles. The molecule has 1 aliphatic rings. The van der Waals surface area contributed by atoms with Crippen LogP contribution < -0.4 is 11.2 Å². The van der Waals surface area contributed by atoms with Gasteiger partial charge in [0.15, 0.2) is 0 Å². The molecule has 0 fully saturated rings. The summed E-state index contributed by atoms with van der Waals surface area (Å²) >= 11 is 0. The topological polar surface area (TPSA) is 56.4 Å². The largest absolute Gasteiger partial charge is 0.332 e. The van der Waals surface area contributed by atoms with Crippen LogP contribution in [-0.2, 0) is 20.5 Å². The van der Waals surface area contributed by atoms with Gasteiger partial charge >= 0.3 is 5.69 Å². The predicted molar refractivity (Wildman–Crippen MR) is 83.2 cm³/mol. The van der Waals surface area contributed by atoms with Gasteiger partial charge in [-0.2, -0.15) is 0 Å². The van der Waals surface area contributed by atoms with Crippen LogP contribution in [0.1, 0.15) is 11.1 Å². The van der Waals surface area contributed by atoms with Gasteiger partial charge in [0.25, 0.3) is 5.56 Å². The second-order valence-corrected chi connectivity index (χ2v) is 5.03. The second kappa shape index (κ2) is 5.01. The second-order valence-electron chi connectivity index (χ2n) is 5.03. The van der Waals surface area contributed by atoms with Crippen LogP contribution in [0.25, 0.3) is 6.08 Å². The number of nitrogens with zero attached hydrogens (tertiary/aromatic N) is 3. The zero-order chi connectivity index (χ0) is 15.0. The van der Waals surface area contributed by atoms with Crippen molar-refractivity contribution in [3.05, 3.63) is 68.4 Å². The van der Waals surface area contributed by atoms with Crippen molar-refractivity contribution < 1.29 is 0 Å². The Labute approximate surface area is 121 Å². The quantitative estimate of drug-likeness (QED) is 0.836. The SMILES string of the molecule is Cn1c2c(c(=O)n(C)c1=O)CC(/C=C/c1ccccc1)=N2. The van der Waals surface area contributed by atoms with Crippen LogP contribution >= 0.6 is 0 Å². The molecular formula is C16H15N3O2. The summed E-state index contributed by atoms with van der Waals surface area (Å²) in [5.74, 6) is 0.468. The third-order valence-electron chi connectivity index (χ3n) is 3.60. The number of allylic oxidation sites excluding steroid dienone is 1. The van der Waals surface area contributed by atoms with Gasteiger partial charge in [0.05, 0.1) is 5.56 Å². The van der Waals surface area contributed by atoms with Crippen molar-refractivity contribution in [1.82, 2.24) is 9.13 Å². The maximum Gasteiger partial charge on any atom is 0.332 e. The lowest BCUT2D eigenvalue weighted by Gasteiger charge is -2.05. The van der Waals surface area contributed by atoms with Crippen molar-refractivity contribution >= 4 is 17.6 Å². The first kappa shape index (κ1) is 13.3. The Hall–Kier alpha value is -2.69. The summed E-state index contributed by atoms with van der Waals surface area (Å²) in [5.41, 5.74) is 1.81. The summed E-state index contributed by atoms with van der Waals surface area (Å²) in [4.78, 5) is 28.4. The summed E-state index contributed by atoms with van der Waals surface area (Å²) in [6.45, 7) is 0. The van der Waals surface area contributed by atoms with Gasteiger partial charge in [-0.15, -0.1) is 0 Å². The molecule has 1 aromatic carbocycles. The van der Waals surface area contributed by atoms with Gasteiger partial charge in [-0.1, -0.05) is 36.4 Å². The van der Waals surface area contributed by atoms with Crippen LogP contribution in [0.3, 0.4) is 0 Å². The standard InChI is InChI=1S/C16H15N3O2/c1-18-14-13(15(20)19(2)16(18)21)10-12(17-14)9-8-11-6-4-3-5-7-11/h3-9H,10H2,1-2H3/b9-8+. The fourth-order valence-corrected chi connectivity index (χ4v) is 2.41. The third kappa shape index (κ3) is 2.27. The maximum atomic E-state index is 12.1. The molecule has 0 radical (unpaired) electrons. The average Bonchev–Trinajstić information content (AvgIpc) is 2.94. The van der Waals surface area contributed by atoms with Crippen molar-refractivity contribution in [3.8, 4) is 0 Å². The molecule has 1 aliphatic heterocycles. The minimum atomic E-state index is -0.351. The molecule has 3 rings (SSSR count). The van der Waals surface area contributed by atoms with Crippen LogP contribution in [0.2, 0.25) is 0 Å². The van der Waals surface area contributed by atoms with E-state index in [2.05, 4.69) is 4.99 Å². The molecule has 5 heteroatoms. The van der Waals surface area contributed by atoms with E-state index in [1.807, 2.05) is 42.5 Å². The van der Waals surface area contributed by atoms with Gasteiger partial charge < -0.3 is 0 Å². The van der Waals surface area contributed by atoms with Gasteiger partial charge in [0.2, 0.25) is 0 Å². The van der Waals surface area contributed by atoms with Crippen molar-refractivity contribution in [2.24, 2.45) is 19.1 Å². The lowest BCUT2D eigenvalue weighted by molar-refractivity contribution is 0.682. The van der Waals surface area contributed by atoms with E-state index in [1.165, 1.54) is 11.6 Å². The van der Waals surface area contributed by atoms with Gasteiger partial charge in [-0.3, -0.25) is 13.9 Å². The highest BCUT2D eigenvalue weighted by atomic mass is 16.2. The molecule has 2 aromatic rings. The minimum Gasteiger partial charge on any atom is -0.281 e. The van der Waals surface area contributed by atoms with Crippen LogP contribution in [-0.4, -0.2) is 14.8 Å². The fraction of sp³-hybridized carbons (Fsp3) is 0.188. The van der Waals surface area contributed by atoms with E-state index in [1.54, 1.807) is 7.05 Å². The Balaban J connectivity index is 1.98. The first-order valence-corrected chi connectivity index (χ1v) is 6.67. The van der Waals surface area contributed by atoms with Gasteiger partial charge in [0, 0.05) is 26.2 Å². The normalized spacial score (nSPS) is 13.5. The average molecular weight is 281 g/mol. The molecule has 1 aromatic heterocycles. The Morgan fingerprint density at radius 2 is 1.76 bits per heavy atom. The zero-order valence-corrected chi connectivity index (χ0v) is 11.9. The third-order valence-corrected chi connectivity index (χ3v) is 3.60. The highest BCUT2D eigenvalue weighted by Gasteiger charge is 2.21. The molecule has 0 spiro atoms. The van der Waals surface area contributed by atoms with Crippen LogP contribution in [0.4, 0.5) is 5.82 Å². The van der Waals surface area contributed by atoms with E-state index in [0.29, 0.717) is 17.8 Å². The van der Waals surface area contributed by atoms with E-state index < -0.39 is 0 Å². The molecule has 0 aliphatic carbocycles. The van der Waals surface area contributed by atoms with Crippen molar-refractivity contribution in [2.75, 3.05) is 0 Å². The fourth-order valence-electron chi connectivity index (χ4n) is 2.41. The highest BCUT2D eigenvalue weighted by Crippen LogP contribution is 2.22. The number of benzene rings is 1. The molecular weight excluding hydrogens is 266 g/mol. The van der Waals surface area contributed by atoms with Crippen molar-refractivity contribution in [2.45, 2.75) is 6.42 Å². The van der Waals surface area contributed by atoms with E-state index >= 15 is 0 Å². The number of hydrogen-bond acceptors (Lipinski definition) is 3. The first-order valence-electron chi connectivity index (χ1n) is 6.67. The smallest absolute Gasteiger partial charge is 0.281 e. The maximum absolute atomic E-state index is 12.1. The predicted octanol–water partition coefficient (Wildman–Crippen LogP) is 1.43. The number of fused-ring (bicyclic) bond motifs is 1. The summed E-state index contributed by atoms with van der Waals surface area (Å²) in [6, 6.07) is 9.87. The number of hydrogen-bond donors (Lipinski definition) is 0. The number of rotatable bonds is 2. The summed E-state index contributed by atoms with van der Waals surface area (Å²) in [6.07, 6.45) is 4.30. The lowest BCUT2D eigenvalue weighted by atomic mass is 10.1. The molecule has 5 nitrogen and oxygen atoms in total. The molecule has 0 N–H and O–H groups in total. The summed E-state index contributed by atoms with van der Waals surface area (Å²) < 4.78 is 2.54. The summed E-state index contributed by atoms with van der Waals surface area (Å²) in [7, 11) is 3.12. The van der Waals surface area contributed by atoms with Crippen LogP contribution in [0.15, 0.2) is 51.0 Å². The Morgan fingerprint density at radius 1 is 1.05 bits per heavy atom. The Kier molecular flexibility index (Phi) is 3.17. The van der Waals surface area contributed by atoms with Gasteiger partial charge in [-0.05, 0) is 11.6 Å². The molecule has 0 amide bonds. The van der Waals surface area contributed by atoms with Crippen molar-refractivity contribution in [1.29, 1.82) is 0 Å². The first-order chi connectivity index (χ1) is 10.1. The molecule has 2 heterocycles. The van der Waals surface area contributed by atoms with E-state index in [0.717, 1.165) is 15.8 Å². The highest BCUT2D eigenvalue weighted by molar-refractivity contribution is 6.03. The lowest BCUT2D eigenvalue weighted by Crippen LogP contribution is -2.38. The number of aliphatic imine (C=N–C) groups is 1. The van der Waals surface area contributed by atoms with E-state index in [4.69, 9.17) is 0 Å². The molecule has 106 valence electrons. The van der Waals surface area contributed by atoms with E-state index in [9.17, 15) is 9.59 Å². The number of aromatic nitrogens is 2. The van der Waals surface area contributed by atoms with Crippen molar-refractivity contribution in [3.63, 3.8) is 0 Å². The van der Waals surface area contributed by atoms with E-state index in [-0.39, 0.29) is 11.2 Å². The molecule has 21 heavy (non-hydrogen) atoms. The van der Waals surface area contributed by atoms with Crippen LogP contribution in [0, 0.1) is 0 Å². The van der Waals surface area contributed by atoms with Crippen LogP contribution in [0.5, 0.6) is 0 Å².